The topological polar surface area (TPSA) is 101 Å². The molecule has 1 amide bonds. The molecule has 0 aromatic heterocycles. The van der Waals surface area contributed by atoms with E-state index in [1.54, 1.807) is 0 Å². The lowest BCUT2D eigenvalue weighted by molar-refractivity contribution is -0.122. The fourth-order valence-electron chi connectivity index (χ4n) is 1.85. The van der Waals surface area contributed by atoms with E-state index in [1.165, 1.54) is 18.2 Å². The van der Waals surface area contributed by atoms with Crippen LogP contribution in [0.2, 0.25) is 0 Å². The van der Waals surface area contributed by atoms with Gasteiger partial charge in [-0.25, -0.2) is 13.1 Å². The molecule has 6 nitrogen and oxygen atoms in total. The second-order valence-corrected chi connectivity index (χ2v) is 6.89. The van der Waals surface area contributed by atoms with Gasteiger partial charge in [0, 0.05) is 29.2 Å². The third-order valence-corrected chi connectivity index (χ3v) is 5.33. The number of rotatable bonds is 3. The zero-order valence-electron chi connectivity index (χ0n) is 10.0. The molecule has 0 radical (unpaired) electrons. The molecule has 4 N–H and O–H groups in total. The number of nitrogens with two attached hydrogens (primary N) is 1. The third-order valence-electron chi connectivity index (χ3n) is 2.83. The number of piperidine rings is 1. The number of nitrogen functional groups attached to an aromatic ring is 1. The summed E-state index contributed by atoms with van der Waals surface area (Å²) < 4.78 is 27.4. The van der Waals surface area contributed by atoms with Gasteiger partial charge in [0.15, 0.2) is 0 Å². The van der Waals surface area contributed by atoms with Crippen LogP contribution in [0.4, 0.5) is 5.69 Å². The number of sulfonamides is 1. The fraction of sp³-hybridized carbons (Fsp3) is 0.364. The summed E-state index contributed by atoms with van der Waals surface area (Å²) in [4.78, 5) is 11.2. The minimum absolute atomic E-state index is 0.0517. The van der Waals surface area contributed by atoms with Crippen LogP contribution in [0.3, 0.4) is 0 Å². The SMILES string of the molecule is Nc1ccc(S(=O)(=O)NC2CCC(=O)NC2)c(Br)c1. The Morgan fingerprint density at radius 1 is 1.42 bits per heavy atom. The molecular weight excluding hydrogens is 334 g/mol. The molecule has 1 heterocycles. The van der Waals surface area contributed by atoms with E-state index in [0.717, 1.165) is 0 Å². The number of carbonyl (C=O) groups is 1. The van der Waals surface area contributed by atoms with E-state index in [1.807, 2.05) is 0 Å². The highest BCUT2D eigenvalue weighted by Gasteiger charge is 2.25. The molecule has 19 heavy (non-hydrogen) atoms. The number of nitrogens with one attached hydrogen (secondary N) is 2. The van der Waals surface area contributed by atoms with E-state index >= 15 is 0 Å². The molecule has 1 aliphatic heterocycles. The molecule has 8 heteroatoms. The van der Waals surface area contributed by atoms with Gasteiger partial charge in [0.1, 0.15) is 0 Å². The lowest BCUT2D eigenvalue weighted by Crippen LogP contribution is -2.47. The van der Waals surface area contributed by atoms with Gasteiger partial charge in [-0.15, -0.1) is 0 Å². The molecule has 0 saturated carbocycles. The Kier molecular flexibility index (Phi) is 4.12. The van der Waals surface area contributed by atoms with Crippen LogP contribution < -0.4 is 15.8 Å². The van der Waals surface area contributed by atoms with Crippen molar-refractivity contribution < 1.29 is 13.2 Å². The minimum Gasteiger partial charge on any atom is -0.399 e. The Morgan fingerprint density at radius 2 is 2.16 bits per heavy atom. The maximum absolute atomic E-state index is 12.2. The van der Waals surface area contributed by atoms with Crippen LogP contribution in [0, 0.1) is 0 Å². The van der Waals surface area contributed by atoms with Crippen molar-refractivity contribution in [3.8, 4) is 0 Å². The van der Waals surface area contributed by atoms with Gasteiger partial charge in [-0.1, -0.05) is 0 Å². The molecular formula is C11H14BrN3O3S. The molecule has 1 aromatic carbocycles. The molecule has 2 rings (SSSR count). The van der Waals surface area contributed by atoms with Crippen LogP contribution in [0.15, 0.2) is 27.6 Å². The number of hydrogen-bond donors (Lipinski definition) is 3. The van der Waals surface area contributed by atoms with Gasteiger partial charge >= 0.3 is 0 Å². The highest BCUT2D eigenvalue weighted by Crippen LogP contribution is 2.24. The molecule has 0 aliphatic carbocycles. The molecule has 104 valence electrons. The zero-order valence-corrected chi connectivity index (χ0v) is 12.4. The van der Waals surface area contributed by atoms with Crippen molar-refractivity contribution in [3.05, 3.63) is 22.7 Å². The Hall–Kier alpha value is -1.12. The first-order valence-electron chi connectivity index (χ1n) is 5.72. The van der Waals surface area contributed by atoms with Crippen molar-refractivity contribution in [1.82, 2.24) is 10.0 Å². The average molecular weight is 348 g/mol. The molecule has 0 spiro atoms. The molecule has 1 unspecified atom stereocenters. The molecule has 1 fully saturated rings. The van der Waals surface area contributed by atoms with Crippen molar-refractivity contribution in [2.45, 2.75) is 23.8 Å². The summed E-state index contributed by atoms with van der Waals surface area (Å²) in [6, 6.07) is 4.23. The van der Waals surface area contributed by atoms with Crippen LogP contribution in [-0.2, 0) is 14.8 Å². The molecule has 1 aliphatic rings. The second kappa shape index (κ2) is 5.48. The Labute approximate surface area is 119 Å². The van der Waals surface area contributed by atoms with E-state index < -0.39 is 10.0 Å². The van der Waals surface area contributed by atoms with E-state index in [4.69, 9.17) is 5.73 Å². The van der Waals surface area contributed by atoms with E-state index in [0.29, 0.717) is 29.5 Å². The predicted molar refractivity (Wildman–Crippen MR) is 74.9 cm³/mol. The van der Waals surface area contributed by atoms with Gasteiger partial charge in [-0.3, -0.25) is 4.79 Å². The van der Waals surface area contributed by atoms with Gasteiger partial charge in [-0.2, -0.15) is 0 Å². The third kappa shape index (κ3) is 3.46. The van der Waals surface area contributed by atoms with E-state index in [9.17, 15) is 13.2 Å². The normalized spacial score (nSPS) is 20.1. The summed E-state index contributed by atoms with van der Waals surface area (Å²) in [6.45, 7) is 0.310. The first kappa shape index (κ1) is 14.3. The van der Waals surface area contributed by atoms with Crippen LogP contribution in [0.5, 0.6) is 0 Å². The number of amides is 1. The summed E-state index contributed by atoms with van der Waals surface area (Å²) >= 11 is 3.19. The fourth-order valence-corrected chi connectivity index (χ4v) is 4.22. The standard InChI is InChI=1S/C11H14BrN3O3S/c12-9-5-7(13)1-3-10(9)19(17,18)15-8-2-4-11(16)14-6-8/h1,3,5,8,15H,2,4,6,13H2,(H,14,16). The number of hydrogen-bond acceptors (Lipinski definition) is 4. The summed E-state index contributed by atoms with van der Waals surface area (Å²) in [6.07, 6.45) is 0.827. The van der Waals surface area contributed by atoms with Gasteiger partial charge in [0.2, 0.25) is 15.9 Å². The van der Waals surface area contributed by atoms with Crippen molar-refractivity contribution in [2.24, 2.45) is 0 Å². The van der Waals surface area contributed by atoms with E-state index in [-0.39, 0.29) is 16.8 Å². The Balaban J connectivity index is 2.16. The van der Waals surface area contributed by atoms with Gasteiger partial charge in [0.25, 0.3) is 0 Å². The maximum Gasteiger partial charge on any atom is 0.242 e. The lowest BCUT2D eigenvalue weighted by Gasteiger charge is -2.23. The zero-order chi connectivity index (χ0) is 14.0. The second-order valence-electron chi connectivity index (χ2n) is 4.35. The Bertz CT molecular complexity index is 593. The summed E-state index contributed by atoms with van der Waals surface area (Å²) in [5.41, 5.74) is 6.06. The highest BCUT2D eigenvalue weighted by molar-refractivity contribution is 9.10. The van der Waals surface area contributed by atoms with Crippen LogP contribution in [0.25, 0.3) is 0 Å². The summed E-state index contributed by atoms with van der Waals surface area (Å²) in [5.74, 6) is -0.0517. The number of benzene rings is 1. The summed E-state index contributed by atoms with van der Waals surface area (Å²) in [7, 11) is -3.63. The van der Waals surface area contributed by atoms with Crippen molar-refractivity contribution in [2.75, 3.05) is 12.3 Å². The first-order valence-corrected chi connectivity index (χ1v) is 8.00. The Morgan fingerprint density at radius 3 is 2.74 bits per heavy atom. The minimum atomic E-state index is -3.63. The largest absolute Gasteiger partial charge is 0.399 e. The number of carbonyl (C=O) groups excluding carboxylic acids is 1. The molecule has 1 atom stereocenters. The quantitative estimate of drug-likeness (QED) is 0.696. The van der Waals surface area contributed by atoms with Gasteiger partial charge in [0.05, 0.1) is 4.90 Å². The first-order chi connectivity index (χ1) is 8.88. The van der Waals surface area contributed by atoms with Crippen molar-refractivity contribution in [1.29, 1.82) is 0 Å². The van der Waals surface area contributed by atoms with Crippen molar-refractivity contribution >= 4 is 37.5 Å². The van der Waals surface area contributed by atoms with Crippen LogP contribution in [0.1, 0.15) is 12.8 Å². The average Bonchev–Trinajstić information content (AvgIpc) is 2.31. The monoisotopic (exact) mass is 347 g/mol. The molecule has 1 saturated heterocycles. The molecule has 0 bridgehead atoms. The van der Waals surface area contributed by atoms with Gasteiger partial charge in [-0.05, 0) is 40.5 Å². The number of anilines is 1. The van der Waals surface area contributed by atoms with Crippen LogP contribution >= 0.6 is 15.9 Å². The smallest absolute Gasteiger partial charge is 0.242 e. The number of halogens is 1. The summed E-state index contributed by atoms with van der Waals surface area (Å²) in [5, 5.41) is 2.63. The molecule has 1 aromatic rings. The maximum atomic E-state index is 12.2. The van der Waals surface area contributed by atoms with Crippen molar-refractivity contribution in [3.63, 3.8) is 0 Å². The lowest BCUT2D eigenvalue weighted by atomic mass is 10.1. The van der Waals surface area contributed by atoms with Gasteiger partial charge < -0.3 is 11.1 Å². The predicted octanol–water partition coefficient (Wildman–Crippen LogP) is 0.588. The highest BCUT2D eigenvalue weighted by atomic mass is 79.9. The van der Waals surface area contributed by atoms with E-state index in [2.05, 4.69) is 26.0 Å². The van der Waals surface area contributed by atoms with Crippen LogP contribution in [-0.4, -0.2) is 26.9 Å².